The Morgan fingerprint density at radius 3 is 2.65 bits per heavy atom. The topological polar surface area (TPSA) is 42.2 Å². The van der Waals surface area contributed by atoms with Crippen molar-refractivity contribution in [1.29, 1.82) is 0 Å². The van der Waals surface area contributed by atoms with Crippen LogP contribution in [0.4, 0.5) is 5.69 Å². The summed E-state index contributed by atoms with van der Waals surface area (Å²) in [5, 5.41) is 2.74. The van der Waals surface area contributed by atoms with Crippen molar-refractivity contribution < 1.29 is 9.21 Å². The van der Waals surface area contributed by atoms with Crippen LogP contribution in [0.15, 0.2) is 57.6 Å². The highest BCUT2D eigenvalue weighted by Crippen LogP contribution is 2.14. The molecule has 1 aromatic heterocycles. The van der Waals surface area contributed by atoms with Gasteiger partial charge in [0.05, 0.1) is 6.26 Å². The molecule has 0 aliphatic carbocycles. The third-order valence-electron chi connectivity index (χ3n) is 2.05. The van der Waals surface area contributed by atoms with Crippen LogP contribution in [0.2, 0.25) is 0 Å². The summed E-state index contributed by atoms with van der Waals surface area (Å²) in [6.07, 6.45) is 4.61. The van der Waals surface area contributed by atoms with Gasteiger partial charge in [-0.3, -0.25) is 4.79 Å². The van der Waals surface area contributed by atoms with Crippen LogP contribution in [0.3, 0.4) is 0 Å². The van der Waals surface area contributed by atoms with E-state index in [-0.39, 0.29) is 5.91 Å². The summed E-state index contributed by atoms with van der Waals surface area (Å²) < 4.78 is 6.05. The molecule has 2 aromatic rings. The van der Waals surface area contributed by atoms with E-state index in [1.165, 1.54) is 6.08 Å². The Kier molecular flexibility index (Phi) is 3.77. The molecule has 1 amide bonds. The van der Waals surface area contributed by atoms with Gasteiger partial charge in [-0.2, -0.15) is 0 Å². The van der Waals surface area contributed by atoms with Gasteiger partial charge in [0.25, 0.3) is 0 Å². The van der Waals surface area contributed by atoms with E-state index in [9.17, 15) is 4.79 Å². The highest BCUT2D eigenvalue weighted by Gasteiger charge is 1.97. The molecule has 0 fully saturated rings. The van der Waals surface area contributed by atoms with E-state index in [1.807, 2.05) is 24.3 Å². The van der Waals surface area contributed by atoms with E-state index in [4.69, 9.17) is 4.42 Å². The van der Waals surface area contributed by atoms with E-state index < -0.39 is 0 Å². The van der Waals surface area contributed by atoms with Crippen molar-refractivity contribution in [3.05, 3.63) is 59.0 Å². The number of amides is 1. The summed E-state index contributed by atoms with van der Waals surface area (Å²) in [5.41, 5.74) is 0.752. The van der Waals surface area contributed by atoms with Crippen molar-refractivity contribution in [2.45, 2.75) is 0 Å². The zero-order chi connectivity index (χ0) is 12.1. The van der Waals surface area contributed by atoms with Crippen molar-refractivity contribution in [3.63, 3.8) is 0 Å². The van der Waals surface area contributed by atoms with E-state index >= 15 is 0 Å². The van der Waals surface area contributed by atoms with Crippen LogP contribution < -0.4 is 5.32 Å². The third-order valence-corrected chi connectivity index (χ3v) is 2.58. The summed E-state index contributed by atoms with van der Waals surface area (Å²) in [7, 11) is 0. The first-order valence-corrected chi connectivity index (χ1v) is 5.81. The Bertz CT molecular complexity index is 515. The fraction of sp³-hybridized carbons (Fsp3) is 0. The lowest BCUT2D eigenvalue weighted by Gasteiger charge is -2.01. The number of furan rings is 1. The predicted octanol–water partition coefficient (Wildman–Crippen LogP) is 3.69. The number of rotatable bonds is 3. The fourth-order valence-corrected chi connectivity index (χ4v) is 1.53. The smallest absolute Gasteiger partial charge is 0.248 e. The average molecular weight is 292 g/mol. The normalized spacial score (nSPS) is 10.6. The van der Waals surface area contributed by atoms with Crippen molar-refractivity contribution in [1.82, 2.24) is 0 Å². The summed E-state index contributed by atoms with van der Waals surface area (Å²) in [6, 6.07) is 10.9. The van der Waals surface area contributed by atoms with Crippen LogP contribution in [0, 0.1) is 0 Å². The van der Waals surface area contributed by atoms with E-state index in [0.29, 0.717) is 5.76 Å². The minimum atomic E-state index is -0.191. The first-order valence-electron chi connectivity index (χ1n) is 5.02. The van der Waals surface area contributed by atoms with Gasteiger partial charge in [-0.1, -0.05) is 15.9 Å². The van der Waals surface area contributed by atoms with Gasteiger partial charge in [0.1, 0.15) is 5.76 Å². The average Bonchev–Trinajstić information content (AvgIpc) is 2.83. The maximum absolute atomic E-state index is 11.5. The minimum absolute atomic E-state index is 0.191. The Morgan fingerprint density at radius 1 is 1.24 bits per heavy atom. The Balaban J connectivity index is 1.95. The summed E-state index contributed by atoms with van der Waals surface area (Å²) in [4.78, 5) is 11.5. The molecular formula is C13H10BrNO2. The molecule has 0 atom stereocenters. The molecule has 2 rings (SSSR count). The molecule has 0 aliphatic heterocycles. The Hall–Kier alpha value is -1.81. The summed E-state index contributed by atoms with van der Waals surface area (Å²) >= 11 is 3.33. The largest absolute Gasteiger partial charge is 0.465 e. The number of anilines is 1. The van der Waals surface area contributed by atoms with E-state index in [1.54, 1.807) is 24.5 Å². The zero-order valence-electron chi connectivity index (χ0n) is 8.89. The van der Waals surface area contributed by atoms with Gasteiger partial charge in [0, 0.05) is 16.2 Å². The first kappa shape index (κ1) is 11.7. The van der Waals surface area contributed by atoms with Gasteiger partial charge in [-0.25, -0.2) is 0 Å². The molecule has 1 N–H and O–H groups in total. The number of carbonyl (C=O) groups excluding carboxylic acids is 1. The van der Waals surface area contributed by atoms with Crippen LogP contribution >= 0.6 is 15.9 Å². The third kappa shape index (κ3) is 3.60. The second-order valence-corrected chi connectivity index (χ2v) is 4.26. The van der Waals surface area contributed by atoms with Crippen LogP contribution in [-0.4, -0.2) is 5.91 Å². The number of nitrogens with one attached hydrogen (secondary N) is 1. The van der Waals surface area contributed by atoms with Gasteiger partial charge in [0.2, 0.25) is 5.91 Å². The molecule has 1 heterocycles. The second-order valence-electron chi connectivity index (χ2n) is 3.34. The van der Waals surface area contributed by atoms with Crippen molar-refractivity contribution in [2.75, 3.05) is 5.32 Å². The zero-order valence-corrected chi connectivity index (χ0v) is 10.5. The van der Waals surface area contributed by atoms with Gasteiger partial charge in [0.15, 0.2) is 0 Å². The van der Waals surface area contributed by atoms with Crippen LogP contribution in [0.5, 0.6) is 0 Å². The highest BCUT2D eigenvalue weighted by atomic mass is 79.9. The standard InChI is InChI=1S/C13H10BrNO2/c14-10-3-5-11(6-4-10)15-13(16)8-7-12-2-1-9-17-12/h1-9H,(H,15,16). The van der Waals surface area contributed by atoms with Crippen molar-refractivity contribution in [3.8, 4) is 0 Å². The van der Waals surface area contributed by atoms with Gasteiger partial charge < -0.3 is 9.73 Å². The maximum atomic E-state index is 11.5. The number of halogens is 1. The first-order chi connectivity index (χ1) is 8.24. The van der Waals surface area contributed by atoms with E-state index in [0.717, 1.165) is 10.2 Å². The molecule has 0 saturated heterocycles. The number of benzene rings is 1. The van der Waals surface area contributed by atoms with Gasteiger partial charge in [-0.15, -0.1) is 0 Å². The SMILES string of the molecule is O=C(C=Cc1ccco1)Nc1ccc(Br)cc1. The van der Waals surface area contributed by atoms with Crippen LogP contribution in [-0.2, 0) is 4.79 Å². The summed E-state index contributed by atoms with van der Waals surface area (Å²) in [6.45, 7) is 0. The second kappa shape index (κ2) is 5.50. The highest BCUT2D eigenvalue weighted by molar-refractivity contribution is 9.10. The molecule has 0 radical (unpaired) electrons. The quantitative estimate of drug-likeness (QED) is 0.877. The van der Waals surface area contributed by atoms with Gasteiger partial charge in [-0.05, 0) is 42.5 Å². The molecule has 3 nitrogen and oxygen atoms in total. The molecule has 0 spiro atoms. The monoisotopic (exact) mass is 291 g/mol. The molecule has 0 bridgehead atoms. The molecule has 4 heteroatoms. The Labute approximate surface area is 107 Å². The fourth-order valence-electron chi connectivity index (χ4n) is 1.26. The molecule has 0 aliphatic rings. The minimum Gasteiger partial charge on any atom is -0.465 e. The van der Waals surface area contributed by atoms with E-state index in [2.05, 4.69) is 21.2 Å². The lowest BCUT2D eigenvalue weighted by molar-refractivity contribution is -0.111. The molecule has 1 aromatic carbocycles. The summed E-state index contributed by atoms with van der Waals surface area (Å²) in [5.74, 6) is 0.458. The number of hydrogen-bond acceptors (Lipinski definition) is 2. The van der Waals surface area contributed by atoms with Crippen LogP contribution in [0.1, 0.15) is 5.76 Å². The Morgan fingerprint density at radius 2 is 2.00 bits per heavy atom. The predicted molar refractivity (Wildman–Crippen MR) is 70.5 cm³/mol. The van der Waals surface area contributed by atoms with Crippen LogP contribution in [0.25, 0.3) is 6.08 Å². The maximum Gasteiger partial charge on any atom is 0.248 e. The molecule has 17 heavy (non-hydrogen) atoms. The lowest BCUT2D eigenvalue weighted by Crippen LogP contribution is -2.07. The molecule has 0 unspecified atom stereocenters. The lowest BCUT2D eigenvalue weighted by atomic mass is 10.3. The van der Waals surface area contributed by atoms with Gasteiger partial charge >= 0.3 is 0 Å². The molecule has 86 valence electrons. The number of hydrogen-bond donors (Lipinski definition) is 1. The number of carbonyl (C=O) groups is 1. The van der Waals surface area contributed by atoms with Crippen molar-refractivity contribution in [2.24, 2.45) is 0 Å². The molecular weight excluding hydrogens is 282 g/mol. The molecule has 0 saturated carbocycles. The van der Waals surface area contributed by atoms with Crippen molar-refractivity contribution >= 4 is 33.6 Å².